The standard InChI is InChI=1S/C31H31Cl2N5O4.ClH/c1-5-37(3)30(40)21-9-6-10-22(16-21)36-31(41)34-17-27(39)38(4)25-15-14-24(32)23(28(25)33)18-42-26-11-7-8-20-13-12-19(2)35-29(20)26;/h6-16H,5,17-18H2,1-4H3,(H2,34,36,41);1H. The topological polar surface area (TPSA) is 104 Å². The van der Waals surface area contributed by atoms with Gasteiger partial charge < -0.3 is 25.2 Å². The van der Waals surface area contributed by atoms with Gasteiger partial charge >= 0.3 is 6.03 Å². The van der Waals surface area contributed by atoms with Gasteiger partial charge in [0, 0.05) is 53.6 Å². The van der Waals surface area contributed by atoms with Crippen molar-refractivity contribution >= 4 is 75.7 Å². The minimum absolute atomic E-state index is 0. The Morgan fingerprint density at radius 1 is 0.977 bits per heavy atom. The summed E-state index contributed by atoms with van der Waals surface area (Å²) in [6.45, 7) is 4.09. The fraction of sp³-hybridized carbons (Fsp3) is 0.226. The number of amides is 4. The number of para-hydroxylation sites is 1. The molecule has 0 aliphatic carbocycles. The van der Waals surface area contributed by atoms with Gasteiger partial charge in [-0.15, -0.1) is 12.4 Å². The molecule has 1 aromatic heterocycles. The molecule has 0 bridgehead atoms. The fourth-order valence-electron chi connectivity index (χ4n) is 4.14. The lowest BCUT2D eigenvalue weighted by Gasteiger charge is -2.21. The Morgan fingerprint density at radius 2 is 1.72 bits per heavy atom. The predicted octanol–water partition coefficient (Wildman–Crippen LogP) is 6.73. The molecule has 9 nitrogen and oxygen atoms in total. The molecule has 12 heteroatoms. The molecule has 226 valence electrons. The summed E-state index contributed by atoms with van der Waals surface area (Å²) < 4.78 is 6.07. The molecule has 0 fully saturated rings. The highest BCUT2D eigenvalue weighted by molar-refractivity contribution is 6.38. The van der Waals surface area contributed by atoms with Gasteiger partial charge in [0.15, 0.2) is 0 Å². The Hall–Kier alpha value is -4.05. The number of anilines is 2. The molecule has 0 aliphatic heterocycles. The number of carbonyl (C=O) groups excluding carboxylic acids is 3. The average molecular weight is 645 g/mol. The highest BCUT2D eigenvalue weighted by Gasteiger charge is 2.20. The van der Waals surface area contributed by atoms with Gasteiger partial charge in [0.1, 0.15) is 17.9 Å². The number of nitrogens with one attached hydrogen (secondary N) is 2. The van der Waals surface area contributed by atoms with Gasteiger partial charge in [0.05, 0.1) is 17.3 Å². The first kappa shape index (κ1) is 33.5. The monoisotopic (exact) mass is 643 g/mol. The van der Waals surface area contributed by atoms with Crippen LogP contribution in [0.2, 0.25) is 10.0 Å². The second-order valence-electron chi connectivity index (χ2n) is 9.59. The van der Waals surface area contributed by atoms with Crippen molar-refractivity contribution in [3.8, 4) is 5.75 Å². The second-order valence-corrected chi connectivity index (χ2v) is 10.4. The molecule has 1 heterocycles. The van der Waals surface area contributed by atoms with Crippen LogP contribution in [0.3, 0.4) is 0 Å². The van der Waals surface area contributed by atoms with Crippen LogP contribution in [0.5, 0.6) is 5.75 Å². The molecule has 4 aromatic rings. The van der Waals surface area contributed by atoms with E-state index < -0.39 is 11.9 Å². The van der Waals surface area contributed by atoms with Crippen LogP contribution in [0.15, 0.2) is 66.7 Å². The number of benzene rings is 3. The summed E-state index contributed by atoms with van der Waals surface area (Å²) in [5, 5.41) is 6.77. The van der Waals surface area contributed by atoms with E-state index in [2.05, 4.69) is 15.6 Å². The maximum absolute atomic E-state index is 13.0. The molecule has 4 rings (SSSR count). The van der Waals surface area contributed by atoms with Crippen LogP contribution in [-0.2, 0) is 11.4 Å². The van der Waals surface area contributed by atoms with E-state index in [0.29, 0.717) is 39.8 Å². The Bertz CT molecular complexity index is 1650. The molecule has 4 amide bonds. The smallest absolute Gasteiger partial charge is 0.319 e. The van der Waals surface area contributed by atoms with Crippen LogP contribution in [0.25, 0.3) is 10.9 Å². The first-order valence-electron chi connectivity index (χ1n) is 13.2. The van der Waals surface area contributed by atoms with Gasteiger partial charge in [0.25, 0.3) is 5.91 Å². The van der Waals surface area contributed by atoms with Crippen molar-refractivity contribution in [2.75, 3.05) is 37.4 Å². The van der Waals surface area contributed by atoms with Crippen molar-refractivity contribution in [3.05, 3.63) is 93.6 Å². The number of ether oxygens (including phenoxy) is 1. The Morgan fingerprint density at radius 3 is 2.47 bits per heavy atom. The van der Waals surface area contributed by atoms with Crippen LogP contribution in [0.4, 0.5) is 16.2 Å². The lowest BCUT2D eigenvalue weighted by Crippen LogP contribution is -2.40. The Kier molecular flexibility index (Phi) is 11.6. The van der Waals surface area contributed by atoms with Gasteiger partial charge in [-0.2, -0.15) is 0 Å². The molecule has 0 saturated carbocycles. The summed E-state index contributed by atoms with van der Waals surface area (Å²) in [6.07, 6.45) is 0. The van der Waals surface area contributed by atoms with Crippen molar-refractivity contribution < 1.29 is 19.1 Å². The molecule has 0 atom stereocenters. The lowest BCUT2D eigenvalue weighted by molar-refractivity contribution is -0.117. The number of hydrogen-bond acceptors (Lipinski definition) is 5. The van der Waals surface area contributed by atoms with E-state index in [0.717, 1.165) is 16.6 Å². The largest absolute Gasteiger partial charge is 0.487 e. The summed E-state index contributed by atoms with van der Waals surface area (Å²) >= 11 is 13.2. The van der Waals surface area contributed by atoms with E-state index in [9.17, 15) is 14.4 Å². The summed E-state index contributed by atoms with van der Waals surface area (Å²) in [5.41, 5.74) is 3.37. The van der Waals surface area contributed by atoms with Crippen molar-refractivity contribution in [1.82, 2.24) is 15.2 Å². The lowest BCUT2D eigenvalue weighted by atomic mass is 10.1. The third kappa shape index (κ3) is 8.07. The van der Waals surface area contributed by atoms with Crippen LogP contribution in [-0.4, -0.2) is 54.9 Å². The van der Waals surface area contributed by atoms with Gasteiger partial charge in [0.2, 0.25) is 5.91 Å². The van der Waals surface area contributed by atoms with E-state index >= 15 is 0 Å². The van der Waals surface area contributed by atoms with Crippen molar-refractivity contribution in [2.45, 2.75) is 20.5 Å². The quantitative estimate of drug-likeness (QED) is 0.210. The van der Waals surface area contributed by atoms with E-state index in [1.165, 1.54) is 4.90 Å². The van der Waals surface area contributed by atoms with Crippen molar-refractivity contribution in [1.29, 1.82) is 0 Å². The Labute approximate surface area is 266 Å². The summed E-state index contributed by atoms with van der Waals surface area (Å²) in [7, 11) is 3.25. The number of urea groups is 1. The number of likely N-dealkylation sites (N-methyl/N-ethyl adjacent to an activating group) is 1. The Balaban J connectivity index is 0.00000506. The van der Waals surface area contributed by atoms with Crippen molar-refractivity contribution in [3.63, 3.8) is 0 Å². The fourth-order valence-corrected chi connectivity index (χ4v) is 4.75. The molecule has 0 unspecified atom stereocenters. The third-order valence-corrected chi connectivity index (χ3v) is 7.46. The SMILES string of the molecule is CCN(C)C(=O)c1cccc(NC(=O)NCC(=O)N(C)c2ccc(Cl)c(COc3cccc4ccc(C)nc34)c2Cl)c1.Cl. The summed E-state index contributed by atoms with van der Waals surface area (Å²) in [4.78, 5) is 45.3. The average Bonchev–Trinajstić information content (AvgIpc) is 2.98. The zero-order chi connectivity index (χ0) is 30.4. The predicted molar refractivity (Wildman–Crippen MR) is 174 cm³/mol. The van der Waals surface area contributed by atoms with Crippen molar-refractivity contribution in [2.24, 2.45) is 0 Å². The number of fused-ring (bicyclic) bond motifs is 1. The molecular formula is C31H32Cl3N5O4. The maximum Gasteiger partial charge on any atom is 0.319 e. The highest BCUT2D eigenvalue weighted by Crippen LogP contribution is 2.35. The highest BCUT2D eigenvalue weighted by atomic mass is 35.5. The maximum atomic E-state index is 13.0. The second kappa shape index (κ2) is 14.9. The number of halogens is 3. The van der Waals surface area contributed by atoms with Gasteiger partial charge in [-0.05, 0) is 56.3 Å². The molecular weight excluding hydrogens is 613 g/mol. The number of aryl methyl sites for hydroxylation is 1. The van der Waals surface area contributed by atoms with E-state index in [1.54, 1.807) is 55.4 Å². The molecule has 2 N–H and O–H groups in total. The molecule has 43 heavy (non-hydrogen) atoms. The van der Waals surface area contributed by atoms with Gasteiger partial charge in [-0.25, -0.2) is 9.78 Å². The summed E-state index contributed by atoms with van der Waals surface area (Å²) in [5.74, 6) is 0.0102. The molecule has 3 aromatic carbocycles. The van der Waals surface area contributed by atoms with E-state index in [1.807, 2.05) is 44.2 Å². The number of aromatic nitrogens is 1. The number of rotatable bonds is 9. The summed E-state index contributed by atoms with van der Waals surface area (Å²) in [6, 6.07) is 18.8. The first-order chi connectivity index (χ1) is 20.1. The number of hydrogen-bond donors (Lipinski definition) is 2. The zero-order valence-corrected chi connectivity index (χ0v) is 26.4. The number of nitrogens with zero attached hydrogens (tertiary/aromatic N) is 3. The van der Waals surface area contributed by atoms with Crippen LogP contribution in [0.1, 0.15) is 28.5 Å². The number of pyridine rings is 1. The van der Waals surface area contributed by atoms with Crippen LogP contribution >= 0.6 is 35.6 Å². The third-order valence-electron chi connectivity index (χ3n) is 6.68. The normalized spacial score (nSPS) is 10.5. The molecule has 0 radical (unpaired) electrons. The minimum atomic E-state index is -0.597. The number of carbonyl (C=O) groups is 3. The molecule has 0 spiro atoms. The minimum Gasteiger partial charge on any atom is -0.487 e. The van der Waals surface area contributed by atoms with Crippen LogP contribution in [0, 0.1) is 6.92 Å². The van der Waals surface area contributed by atoms with Gasteiger partial charge in [-0.1, -0.05) is 47.5 Å². The molecule has 0 aliphatic rings. The first-order valence-corrected chi connectivity index (χ1v) is 14.0. The van der Waals surface area contributed by atoms with E-state index in [4.69, 9.17) is 27.9 Å². The zero-order valence-electron chi connectivity index (χ0n) is 24.1. The van der Waals surface area contributed by atoms with Gasteiger partial charge in [-0.3, -0.25) is 9.59 Å². The molecule has 0 saturated heterocycles. The van der Waals surface area contributed by atoms with Crippen LogP contribution < -0.4 is 20.3 Å². The van der Waals surface area contributed by atoms with E-state index in [-0.39, 0.29) is 36.5 Å².